The van der Waals surface area contributed by atoms with Crippen LogP contribution in [0.2, 0.25) is 0 Å². The Labute approximate surface area is 224 Å². The van der Waals surface area contributed by atoms with E-state index in [-0.39, 0.29) is 11.3 Å². The summed E-state index contributed by atoms with van der Waals surface area (Å²) in [7, 11) is 0. The van der Waals surface area contributed by atoms with Crippen molar-refractivity contribution in [3.05, 3.63) is 71.8 Å². The lowest BCUT2D eigenvalue weighted by Gasteiger charge is -2.58. The molecule has 0 bridgehead atoms. The molecule has 1 aromatic carbocycles. The van der Waals surface area contributed by atoms with Crippen LogP contribution in [0.4, 0.5) is 0 Å². The number of rotatable bonds is 7. The maximum absolute atomic E-state index is 13.1. The summed E-state index contributed by atoms with van der Waals surface area (Å²) in [5.41, 5.74) is 1.28. The Morgan fingerprint density at radius 2 is 1.76 bits per heavy atom. The Morgan fingerprint density at radius 1 is 1.08 bits per heavy atom. The molecule has 38 heavy (non-hydrogen) atoms. The predicted molar refractivity (Wildman–Crippen MR) is 142 cm³/mol. The second-order valence-electron chi connectivity index (χ2n) is 11.1. The third-order valence-electron chi connectivity index (χ3n) is 8.83. The lowest BCUT2D eigenvalue weighted by Crippen LogP contribution is -2.57. The summed E-state index contributed by atoms with van der Waals surface area (Å²) in [4.78, 5) is 37.3. The second kappa shape index (κ2) is 10.9. The lowest BCUT2D eigenvalue weighted by atomic mass is 9.46. The first-order chi connectivity index (χ1) is 18.0. The van der Waals surface area contributed by atoms with Crippen LogP contribution in [0.25, 0.3) is 0 Å². The van der Waals surface area contributed by atoms with Gasteiger partial charge in [-0.05, 0) is 68.1 Å². The zero-order valence-electron chi connectivity index (χ0n) is 22.9. The molecule has 4 rings (SSSR count). The number of allylic oxidation sites excluding steroid dienone is 3. The van der Waals surface area contributed by atoms with Gasteiger partial charge in [0.25, 0.3) is 0 Å². The van der Waals surface area contributed by atoms with E-state index in [1.807, 2.05) is 25.1 Å². The Bertz CT molecular complexity index is 1150. The van der Waals surface area contributed by atoms with Crippen molar-refractivity contribution in [3.63, 3.8) is 0 Å². The molecule has 0 aromatic heterocycles. The van der Waals surface area contributed by atoms with Gasteiger partial charge in [-0.15, -0.1) is 0 Å². The number of hydrogen-bond donors (Lipinski definition) is 0. The molecule has 0 radical (unpaired) electrons. The minimum absolute atomic E-state index is 0.0916. The van der Waals surface area contributed by atoms with Crippen molar-refractivity contribution in [2.24, 2.45) is 22.7 Å². The summed E-state index contributed by atoms with van der Waals surface area (Å²) in [5.74, 6) is -1.17. The molecule has 7 nitrogen and oxygen atoms in total. The molecule has 1 aliphatic heterocycles. The van der Waals surface area contributed by atoms with Gasteiger partial charge in [0.15, 0.2) is 0 Å². The first-order valence-electron chi connectivity index (χ1n) is 13.3. The fraction of sp³-hybridized carbons (Fsp3) is 0.516. The van der Waals surface area contributed by atoms with Crippen LogP contribution in [0.1, 0.15) is 70.7 Å². The molecule has 0 amide bonds. The van der Waals surface area contributed by atoms with Crippen LogP contribution in [0.5, 0.6) is 0 Å². The lowest BCUT2D eigenvalue weighted by molar-refractivity contribution is -0.235. The van der Waals surface area contributed by atoms with Crippen molar-refractivity contribution in [2.45, 2.75) is 79.0 Å². The molecule has 1 aromatic rings. The molecule has 1 saturated carbocycles. The molecule has 1 saturated heterocycles. The van der Waals surface area contributed by atoms with E-state index in [1.54, 1.807) is 24.3 Å². The number of esters is 3. The summed E-state index contributed by atoms with van der Waals surface area (Å²) in [6, 6.07) is 8.86. The molecule has 3 aliphatic rings. The zero-order chi connectivity index (χ0) is 27.7. The largest absolute Gasteiger partial charge is 0.455 e. The fourth-order valence-corrected chi connectivity index (χ4v) is 6.59. The summed E-state index contributed by atoms with van der Waals surface area (Å²) in [6.07, 6.45) is 6.22. The highest BCUT2D eigenvalue weighted by Crippen LogP contribution is 2.67. The van der Waals surface area contributed by atoms with Crippen LogP contribution in [0.15, 0.2) is 66.3 Å². The van der Waals surface area contributed by atoms with Crippen molar-refractivity contribution in [1.82, 2.24) is 0 Å². The second-order valence-corrected chi connectivity index (χ2v) is 11.1. The Balaban J connectivity index is 1.82. The van der Waals surface area contributed by atoms with E-state index in [4.69, 9.17) is 18.9 Å². The molecule has 1 heterocycles. The van der Waals surface area contributed by atoms with Crippen molar-refractivity contribution < 1.29 is 33.3 Å². The molecule has 7 atom stereocenters. The van der Waals surface area contributed by atoms with Crippen LogP contribution < -0.4 is 0 Å². The number of benzene rings is 1. The number of carbonyl (C=O) groups is 3. The maximum atomic E-state index is 13.1. The van der Waals surface area contributed by atoms with E-state index >= 15 is 0 Å². The summed E-state index contributed by atoms with van der Waals surface area (Å²) >= 11 is 0. The van der Waals surface area contributed by atoms with E-state index in [2.05, 4.69) is 26.5 Å². The van der Waals surface area contributed by atoms with Gasteiger partial charge in [-0.2, -0.15) is 0 Å². The van der Waals surface area contributed by atoms with Gasteiger partial charge in [0.05, 0.1) is 11.0 Å². The van der Waals surface area contributed by atoms with Crippen LogP contribution in [0, 0.1) is 22.7 Å². The fourth-order valence-electron chi connectivity index (χ4n) is 6.59. The first-order valence-corrected chi connectivity index (χ1v) is 13.3. The van der Waals surface area contributed by atoms with Crippen LogP contribution in [0.3, 0.4) is 0 Å². The molecule has 1 spiro atoms. The van der Waals surface area contributed by atoms with E-state index in [0.717, 1.165) is 18.4 Å². The molecule has 204 valence electrons. The number of carbonyl (C=O) groups excluding carboxylic acids is 3. The molecule has 0 unspecified atom stereocenters. The standard InChI is InChI=1S/C31H38O7/c1-7-19(2)13-15-30(6)20(3)14-16-31-25(28(35-21(4)32)38-29(31)36-22(5)33)17-24(18-26(30)31)37-27(34)23-11-9-8-10-12-23/h7-13,17,20,24,26,28-29H,1,14-16,18H2,2-6H3/t20-,24-,26+,28-,29-,30+,31-/m1/s1. The summed E-state index contributed by atoms with van der Waals surface area (Å²) < 4.78 is 23.6. The first kappa shape index (κ1) is 27.8. The smallest absolute Gasteiger partial charge is 0.338 e. The van der Waals surface area contributed by atoms with Gasteiger partial charge in [-0.1, -0.05) is 56.4 Å². The maximum Gasteiger partial charge on any atom is 0.338 e. The minimum Gasteiger partial charge on any atom is -0.455 e. The highest BCUT2D eigenvalue weighted by atomic mass is 16.8. The Kier molecular flexibility index (Phi) is 7.98. The van der Waals surface area contributed by atoms with E-state index < -0.39 is 42.0 Å². The minimum atomic E-state index is -1.03. The SMILES string of the molecule is C=CC(C)=CC[C@@]1(C)[C@H](C)CC[C@@]23C(=C[C@@H](OC(=O)c4ccccc4)C[C@@H]12)[C@H](OC(C)=O)O[C@H]3OC(C)=O. The monoisotopic (exact) mass is 522 g/mol. The molecule has 0 N–H and O–H groups in total. The van der Waals surface area contributed by atoms with E-state index in [0.29, 0.717) is 29.9 Å². The van der Waals surface area contributed by atoms with Crippen LogP contribution >= 0.6 is 0 Å². The van der Waals surface area contributed by atoms with Crippen LogP contribution in [-0.4, -0.2) is 36.6 Å². The van der Waals surface area contributed by atoms with Gasteiger partial charge in [-0.3, -0.25) is 14.3 Å². The zero-order valence-corrected chi connectivity index (χ0v) is 22.9. The Hall–Kier alpha value is -3.19. The Morgan fingerprint density at radius 3 is 2.39 bits per heavy atom. The van der Waals surface area contributed by atoms with Crippen molar-refractivity contribution in [2.75, 3.05) is 0 Å². The van der Waals surface area contributed by atoms with Gasteiger partial charge in [0.1, 0.15) is 6.10 Å². The van der Waals surface area contributed by atoms with Gasteiger partial charge >= 0.3 is 17.9 Å². The van der Waals surface area contributed by atoms with Crippen molar-refractivity contribution in [1.29, 1.82) is 0 Å². The van der Waals surface area contributed by atoms with Gasteiger partial charge in [-0.25, -0.2) is 4.79 Å². The quantitative estimate of drug-likeness (QED) is 0.190. The number of hydrogen-bond acceptors (Lipinski definition) is 7. The highest BCUT2D eigenvalue weighted by molar-refractivity contribution is 5.89. The third-order valence-corrected chi connectivity index (χ3v) is 8.83. The summed E-state index contributed by atoms with van der Waals surface area (Å²) in [6.45, 7) is 13.1. The summed E-state index contributed by atoms with van der Waals surface area (Å²) in [5, 5.41) is 0. The molecule has 7 heteroatoms. The van der Waals surface area contributed by atoms with Crippen molar-refractivity contribution in [3.8, 4) is 0 Å². The normalized spacial score (nSPS) is 34.3. The molecule has 2 aliphatic carbocycles. The molecular weight excluding hydrogens is 484 g/mol. The van der Waals surface area contributed by atoms with Gasteiger partial charge in [0, 0.05) is 19.4 Å². The predicted octanol–water partition coefficient (Wildman–Crippen LogP) is 5.91. The van der Waals surface area contributed by atoms with Crippen LogP contribution in [-0.2, 0) is 28.5 Å². The number of ether oxygens (including phenoxy) is 4. The van der Waals surface area contributed by atoms with Crippen molar-refractivity contribution >= 4 is 17.9 Å². The highest BCUT2D eigenvalue weighted by Gasteiger charge is 2.67. The third kappa shape index (κ3) is 5.08. The van der Waals surface area contributed by atoms with Gasteiger partial charge < -0.3 is 14.2 Å². The average molecular weight is 523 g/mol. The van der Waals surface area contributed by atoms with E-state index in [9.17, 15) is 14.4 Å². The van der Waals surface area contributed by atoms with Gasteiger partial charge in [0.2, 0.25) is 12.6 Å². The molecular formula is C31H38O7. The molecule has 2 fully saturated rings. The van der Waals surface area contributed by atoms with E-state index in [1.165, 1.54) is 13.8 Å². The average Bonchev–Trinajstić information content (AvgIpc) is 3.16. The topological polar surface area (TPSA) is 88.1 Å².